The number of nitrogens with zero attached hydrogens (tertiary/aromatic N) is 3. The molecule has 1 aromatic heterocycles. The molecule has 1 fully saturated rings. The second kappa shape index (κ2) is 8.98. The van der Waals surface area contributed by atoms with Gasteiger partial charge in [-0.2, -0.15) is 0 Å². The minimum Gasteiger partial charge on any atom is -0.379 e. The molecule has 152 valence electrons. The van der Waals surface area contributed by atoms with Gasteiger partial charge in [-0.1, -0.05) is 17.4 Å². The summed E-state index contributed by atoms with van der Waals surface area (Å²) < 4.78 is 19.8. The van der Waals surface area contributed by atoms with Gasteiger partial charge in [-0.05, 0) is 55.3 Å². The zero-order valence-corrected chi connectivity index (χ0v) is 17.3. The van der Waals surface area contributed by atoms with Crippen molar-refractivity contribution in [2.45, 2.75) is 13.3 Å². The molecule has 1 aliphatic heterocycles. The predicted molar refractivity (Wildman–Crippen MR) is 114 cm³/mol. The maximum absolute atomic E-state index is 13.3. The summed E-state index contributed by atoms with van der Waals surface area (Å²) in [4.78, 5) is 22.0. The van der Waals surface area contributed by atoms with Gasteiger partial charge in [-0.3, -0.25) is 14.6 Å². The number of rotatable bonds is 6. The molecule has 0 unspecified atom stereocenters. The second-order valence-electron chi connectivity index (χ2n) is 7.24. The van der Waals surface area contributed by atoms with Crippen LogP contribution in [0.4, 0.5) is 9.52 Å². The van der Waals surface area contributed by atoms with Gasteiger partial charge in [0, 0.05) is 31.7 Å². The number of hydrogen-bond acceptors (Lipinski definition) is 5. The SMILES string of the molecule is Cc1ccc2nc(N(CCCN3CCOCC3)C(=O)c3ccc(F)cc3)sc2c1. The number of aryl methyl sites for hydroxylation is 1. The molecule has 0 aliphatic carbocycles. The van der Waals surface area contributed by atoms with Crippen LogP contribution < -0.4 is 4.90 Å². The molecule has 0 spiro atoms. The van der Waals surface area contributed by atoms with E-state index >= 15 is 0 Å². The largest absolute Gasteiger partial charge is 0.379 e. The van der Waals surface area contributed by atoms with E-state index in [0.29, 0.717) is 17.2 Å². The van der Waals surface area contributed by atoms with Crippen LogP contribution in [0.5, 0.6) is 0 Å². The highest BCUT2D eigenvalue weighted by atomic mass is 32.1. The maximum Gasteiger partial charge on any atom is 0.260 e. The number of thiazole rings is 1. The van der Waals surface area contributed by atoms with Gasteiger partial charge in [0.25, 0.3) is 5.91 Å². The lowest BCUT2D eigenvalue weighted by atomic mass is 10.2. The topological polar surface area (TPSA) is 45.7 Å². The van der Waals surface area contributed by atoms with Crippen molar-refractivity contribution in [2.75, 3.05) is 44.3 Å². The number of fused-ring (bicyclic) bond motifs is 1. The standard InChI is InChI=1S/C22H24FN3O2S/c1-16-3-8-19-20(15-16)29-22(24-19)26(10-2-9-25-11-13-28-14-12-25)21(27)17-4-6-18(23)7-5-17/h3-8,15H,2,9-14H2,1H3. The van der Waals surface area contributed by atoms with Gasteiger partial charge >= 0.3 is 0 Å². The van der Waals surface area contributed by atoms with Crippen LogP contribution in [0, 0.1) is 12.7 Å². The van der Waals surface area contributed by atoms with Gasteiger partial charge in [0.15, 0.2) is 5.13 Å². The highest BCUT2D eigenvalue weighted by Gasteiger charge is 2.22. The molecular weight excluding hydrogens is 389 g/mol. The van der Waals surface area contributed by atoms with Crippen molar-refractivity contribution in [3.63, 3.8) is 0 Å². The van der Waals surface area contributed by atoms with Crippen molar-refractivity contribution in [1.29, 1.82) is 0 Å². The van der Waals surface area contributed by atoms with Crippen molar-refractivity contribution >= 4 is 32.6 Å². The highest BCUT2D eigenvalue weighted by molar-refractivity contribution is 7.22. The number of morpholine rings is 1. The molecule has 2 aromatic carbocycles. The number of anilines is 1. The van der Waals surface area contributed by atoms with E-state index in [-0.39, 0.29) is 11.7 Å². The summed E-state index contributed by atoms with van der Waals surface area (Å²) in [7, 11) is 0. The quantitative estimate of drug-likeness (QED) is 0.610. The van der Waals surface area contributed by atoms with Gasteiger partial charge in [-0.15, -0.1) is 0 Å². The molecule has 7 heteroatoms. The molecule has 0 radical (unpaired) electrons. The monoisotopic (exact) mass is 413 g/mol. The fourth-order valence-corrected chi connectivity index (χ4v) is 4.53. The Labute approximate surface area is 173 Å². The fraction of sp³-hybridized carbons (Fsp3) is 0.364. The molecule has 1 aliphatic rings. The average Bonchev–Trinajstić information content (AvgIpc) is 3.15. The van der Waals surface area contributed by atoms with Crippen LogP contribution in [-0.4, -0.2) is 55.2 Å². The zero-order valence-electron chi connectivity index (χ0n) is 16.4. The molecule has 1 amide bonds. The molecule has 29 heavy (non-hydrogen) atoms. The number of hydrogen-bond donors (Lipinski definition) is 0. The minimum absolute atomic E-state index is 0.150. The molecule has 3 aromatic rings. The average molecular weight is 414 g/mol. The minimum atomic E-state index is -0.351. The number of amides is 1. The first kappa shape index (κ1) is 19.9. The van der Waals surface area contributed by atoms with E-state index in [1.807, 2.05) is 19.1 Å². The Morgan fingerprint density at radius 1 is 1.21 bits per heavy atom. The number of ether oxygens (including phenoxy) is 1. The highest BCUT2D eigenvalue weighted by Crippen LogP contribution is 2.30. The molecule has 2 heterocycles. The Balaban J connectivity index is 1.56. The van der Waals surface area contributed by atoms with E-state index in [2.05, 4.69) is 11.0 Å². The summed E-state index contributed by atoms with van der Waals surface area (Å²) >= 11 is 1.52. The van der Waals surface area contributed by atoms with E-state index in [4.69, 9.17) is 9.72 Å². The number of carbonyl (C=O) groups is 1. The molecule has 1 saturated heterocycles. The van der Waals surface area contributed by atoms with Crippen molar-refractivity contribution in [3.05, 3.63) is 59.4 Å². The lowest BCUT2D eigenvalue weighted by molar-refractivity contribution is 0.0376. The summed E-state index contributed by atoms with van der Waals surface area (Å²) in [6.07, 6.45) is 0.835. The van der Waals surface area contributed by atoms with Gasteiger partial charge in [0.2, 0.25) is 0 Å². The van der Waals surface area contributed by atoms with E-state index < -0.39 is 0 Å². The molecule has 5 nitrogen and oxygen atoms in total. The fourth-order valence-electron chi connectivity index (χ4n) is 3.44. The van der Waals surface area contributed by atoms with Gasteiger partial charge < -0.3 is 4.74 Å². The van der Waals surface area contributed by atoms with E-state index in [9.17, 15) is 9.18 Å². The number of halogens is 1. The van der Waals surface area contributed by atoms with Crippen LogP contribution >= 0.6 is 11.3 Å². The van der Waals surface area contributed by atoms with Crippen LogP contribution in [-0.2, 0) is 4.74 Å². The summed E-state index contributed by atoms with van der Waals surface area (Å²) in [6.45, 7) is 6.87. The van der Waals surface area contributed by atoms with Crippen LogP contribution in [0.3, 0.4) is 0 Å². The van der Waals surface area contributed by atoms with Crippen LogP contribution in [0.1, 0.15) is 22.3 Å². The number of aromatic nitrogens is 1. The van der Waals surface area contributed by atoms with Crippen LogP contribution in [0.2, 0.25) is 0 Å². The lowest BCUT2D eigenvalue weighted by Gasteiger charge is -2.27. The summed E-state index contributed by atoms with van der Waals surface area (Å²) in [5, 5.41) is 0.682. The summed E-state index contributed by atoms with van der Waals surface area (Å²) in [5.41, 5.74) is 2.52. The number of benzene rings is 2. The van der Waals surface area contributed by atoms with Gasteiger partial charge in [0.05, 0.1) is 23.4 Å². The molecular formula is C22H24FN3O2S. The van der Waals surface area contributed by atoms with Crippen molar-refractivity contribution in [3.8, 4) is 0 Å². The van der Waals surface area contributed by atoms with E-state index in [1.165, 1.54) is 35.6 Å². The Morgan fingerprint density at radius 2 is 1.97 bits per heavy atom. The van der Waals surface area contributed by atoms with Gasteiger partial charge in [-0.25, -0.2) is 9.37 Å². The third kappa shape index (κ3) is 4.80. The lowest BCUT2D eigenvalue weighted by Crippen LogP contribution is -2.39. The Morgan fingerprint density at radius 3 is 2.72 bits per heavy atom. The Hall–Kier alpha value is -2.35. The maximum atomic E-state index is 13.3. The second-order valence-corrected chi connectivity index (χ2v) is 8.25. The molecule has 0 bridgehead atoms. The first-order valence-corrected chi connectivity index (χ1v) is 10.7. The van der Waals surface area contributed by atoms with E-state index in [0.717, 1.165) is 55.0 Å². The third-order valence-electron chi connectivity index (χ3n) is 5.06. The summed E-state index contributed by atoms with van der Waals surface area (Å²) in [5.74, 6) is -0.501. The third-order valence-corrected chi connectivity index (χ3v) is 6.10. The molecule has 4 rings (SSSR count). The molecule has 0 saturated carbocycles. The van der Waals surface area contributed by atoms with Crippen molar-refractivity contribution in [1.82, 2.24) is 9.88 Å². The van der Waals surface area contributed by atoms with Crippen LogP contribution in [0.25, 0.3) is 10.2 Å². The summed E-state index contributed by atoms with van der Waals surface area (Å²) in [6, 6.07) is 11.8. The Kier molecular flexibility index (Phi) is 6.18. The predicted octanol–water partition coefficient (Wildman–Crippen LogP) is 4.11. The van der Waals surface area contributed by atoms with Crippen molar-refractivity contribution < 1.29 is 13.9 Å². The molecule has 0 atom stereocenters. The normalized spacial score (nSPS) is 15.0. The zero-order chi connectivity index (χ0) is 20.2. The van der Waals surface area contributed by atoms with E-state index in [1.54, 1.807) is 4.90 Å². The van der Waals surface area contributed by atoms with Gasteiger partial charge in [0.1, 0.15) is 5.82 Å². The van der Waals surface area contributed by atoms with Crippen molar-refractivity contribution in [2.24, 2.45) is 0 Å². The Bertz CT molecular complexity index is 983. The number of carbonyl (C=O) groups excluding carboxylic acids is 1. The smallest absolute Gasteiger partial charge is 0.260 e. The first-order valence-electron chi connectivity index (χ1n) is 9.85. The molecule has 0 N–H and O–H groups in total. The van der Waals surface area contributed by atoms with Crippen LogP contribution in [0.15, 0.2) is 42.5 Å². The first-order chi connectivity index (χ1) is 14.1.